The Kier molecular flexibility index (Phi) is 4.79. The van der Waals surface area contributed by atoms with Crippen LogP contribution in [0.1, 0.15) is 23.4 Å². The maximum Gasteiger partial charge on any atom is 0.193 e. The first-order chi connectivity index (χ1) is 11.6. The molecular formula is C19H23N5. The summed E-state index contributed by atoms with van der Waals surface area (Å²) in [6, 6.07) is 14.3. The third kappa shape index (κ3) is 4.13. The number of nitrogens with two attached hydrogens (primary N) is 1. The number of hydrogen-bond donors (Lipinski definition) is 3. The predicted molar refractivity (Wildman–Crippen MR) is 100 cm³/mol. The van der Waals surface area contributed by atoms with Gasteiger partial charge in [-0.1, -0.05) is 18.2 Å². The van der Waals surface area contributed by atoms with Gasteiger partial charge < -0.3 is 16.0 Å². The van der Waals surface area contributed by atoms with Crippen LogP contribution >= 0.6 is 0 Å². The molecule has 0 atom stereocenters. The summed E-state index contributed by atoms with van der Waals surface area (Å²) in [5.74, 6) is 1.44. The number of fused-ring (bicyclic) bond motifs is 1. The van der Waals surface area contributed by atoms with Gasteiger partial charge in [-0.3, -0.25) is 4.99 Å². The van der Waals surface area contributed by atoms with E-state index < -0.39 is 0 Å². The van der Waals surface area contributed by atoms with E-state index in [1.807, 2.05) is 24.3 Å². The summed E-state index contributed by atoms with van der Waals surface area (Å²) in [5, 5.41) is 3.15. The van der Waals surface area contributed by atoms with Gasteiger partial charge in [0.15, 0.2) is 5.96 Å². The van der Waals surface area contributed by atoms with E-state index in [2.05, 4.69) is 52.3 Å². The lowest BCUT2D eigenvalue weighted by Crippen LogP contribution is -2.23. The minimum absolute atomic E-state index is 0.449. The van der Waals surface area contributed by atoms with Crippen molar-refractivity contribution in [1.29, 1.82) is 0 Å². The zero-order valence-corrected chi connectivity index (χ0v) is 14.1. The normalized spacial score (nSPS) is 11.8. The van der Waals surface area contributed by atoms with Crippen LogP contribution in [0.25, 0.3) is 11.0 Å². The molecule has 0 spiro atoms. The molecule has 0 saturated heterocycles. The summed E-state index contributed by atoms with van der Waals surface area (Å²) in [6.45, 7) is 4.80. The van der Waals surface area contributed by atoms with Gasteiger partial charge in [-0.25, -0.2) is 4.98 Å². The molecule has 4 N–H and O–H groups in total. The maximum absolute atomic E-state index is 5.96. The van der Waals surface area contributed by atoms with Crippen molar-refractivity contribution < 1.29 is 0 Å². The highest BCUT2D eigenvalue weighted by Gasteiger charge is 2.02. The number of aromatic nitrogens is 2. The zero-order valence-electron chi connectivity index (χ0n) is 14.1. The SMILES string of the molecule is Cc1cc(C)cc(NC(N)=NCCCc2nc3ccccc3[nH]2)c1. The van der Waals surface area contributed by atoms with E-state index in [0.717, 1.165) is 35.4 Å². The molecule has 0 bridgehead atoms. The van der Waals surface area contributed by atoms with Crippen LogP contribution in [-0.2, 0) is 6.42 Å². The Labute approximate surface area is 142 Å². The first-order valence-electron chi connectivity index (χ1n) is 8.19. The monoisotopic (exact) mass is 321 g/mol. The molecule has 0 radical (unpaired) electrons. The van der Waals surface area contributed by atoms with Gasteiger partial charge in [-0.15, -0.1) is 0 Å². The topological polar surface area (TPSA) is 79.1 Å². The Balaban J connectivity index is 1.51. The third-order valence-corrected chi connectivity index (χ3v) is 3.79. The number of guanidine groups is 1. The standard InChI is InChI=1S/C19H23N5/c1-13-10-14(2)12-15(11-13)22-19(20)21-9-5-8-18-23-16-6-3-4-7-17(16)24-18/h3-4,6-7,10-12H,5,8-9H2,1-2H3,(H,23,24)(H3,20,21,22). The molecule has 5 nitrogen and oxygen atoms in total. The van der Waals surface area contributed by atoms with Crippen molar-refractivity contribution in [3.05, 3.63) is 59.4 Å². The van der Waals surface area contributed by atoms with Gasteiger partial charge >= 0.3 is 0 Å². The Morgan fingerprint density at radius 3 is 2.67 bits per heavy atom. The number of nitrogens with zero attached hydrogens (tertiary/aromatic N) is 2. The Bertz CT molecular complexity index is 810. The summed E-state index contributed by atoms with van der Waals surface area (Å²) in [6.07, 6.45) is 1.75. The van der Waals surface area contributed by atoms with E-state index in [-0.39, 0.29) is 0 Å². The zero-order chi connectivity index (χ0) is 16.9. The average Bonchev–Trinajstić information content (AvgIpc) is 2.93. The molecule has 0 amide bonds. The predicted octanol–water partition coefficient (Wildman–Crippen LogP) is 3.54. The molecule has 1 aromatic heterocycles. The fourth-order valence-corrected chi connectivity index (χ4v) is 2.80. The number of benzene rings is 2. The van der Waals surface area contributed by atoms with Gasteiger partial charge in [0.25, 0.3) is 0 Å². The highest BCUT2D eigenvalue weighted by molar-refractivity contribution is 5.92. The van der Waals surface area contributed by atoms with Gasteiger partial charge in [0.05, 0.1) is 11.0 Å². The number of H-pyrrole nitrogens is 1. The number of nitrogens with one attached hydrogen (secondary N) is 2. The molecule has 0 aliphatic carbocycles. The second-order valence-corrected chi connectivity index (χ2v) is 6.07. The number of aryl methyl sites for hydroxylation is 3. The molecule has 0 unspecified atom stereocenters. The second kappa shape index (κ2) is 7.17. The molecule has 0 fully saturated rings. The molecular weight excluding hydrogens is 298 g/mol. The van der Waals surface area contributed by atoms with Crippen molar-refractivity contribution in [3.8, 4) is 0 Å². The number of rotatable bonds is 5. The van der Waals surface area contributed by atoms with Crippen LogP contribution in [0.5, 0.6) is 0 Å². The maximum atomic E-state index is 5.96. The fourth-order valence-electron chi connectivity index (χ4n) is 2.80. The summed E-state index contributed by atoms with van der Waals surface area (Å²) < 4.78 is 0. The Morgan fingerprint density at radius 1 is 1.17 bits per heavy atom. The number of aliphatic imine (C=N–C) groups is 1. The molecule has 2 aromatic carbocycles. The number of hydrogen-bond acceptors (Lipinski definition) is 2. The van der Waals surface area contributed by atoms with Crippen LogP contribution in [-0.4, -0.2) is 22.5 Å². The van der Waals surface area contributed by atoms with Gasteiger partial charge in [-0.05, 0) is 55.7 Å². The van der Waals surface area contributed by atoms with E-state index in [1.165, 1.54) is 11.1 Å². The van der Waals surface area contributed by atoms with Crippen molar-refractivity contribution in [1.82, 2.24) is 9.97 Å². The average molecular weight is 321 g/mol. The molecule has 1 heterocycles. The quantitative estimate of drug-likeness (QED) is 0.382. The van der Waals surface area contributed by atoms with E-state index in [4.69, 9.17) is 5.73 Å². The van der Waals surface area contributed by atoms with Crippen molar-refractivity contribution >= 4 is 22.7 Å². The highest BCUT2D eigenvalue weighted by atomic mass is 15.1. The first-order valence-corrected chi connectivity index (χ1v) is 8.19. The van der Waals surface area contributed by atoms with E-state index in [0.29, 0.717) is 12.5 Å². The molecule has 24 heavy (non-hydrogen) atoms. The van der Waals surface area contributed by atoms with Crippen LogP contribution < -0.4 is 11.1 Å². The van der Waals surface area contributed by atoms with Crippen molar-refractivity contribution in [3.63, 3.8) is 0 Å². The van der Waals surface area contributed by atoms with Gasteiger partial charge in [0.2, 0.25) is 0 Å². The largest absolute Gasteiger partial charge is 0.370 e. The summed E-state index contributed by atoms with van der Waals surface area (Å²) in [7, 11) is 0. The lowest BCUT2D eigenvalue weighted by molar-refractivity contribution is 0.796. The van der Waals surface area contributed by atoms with Crippen LogP contribution in [0.15, 0.2) is 47.5 Å². The first kappa shape index (κ1) is 16.1. The highest BCUT2D eigenvalue weighted by Crippen LogP contribution is 2.13. The Hall–Kier alpha value is -2.82. The Morgan fingerprint density at radius 2 is 1.92 bits per heavy atom. The van der Waals surface area contributed by atoms with Gasteiger partial charge in [0.1, 0.15) is 5.82 Å². The van der Waals surface area contributed by atoms with Crippen molar-refractivity contribution in [2.75, 3.05) is 11.9 Å². The van der Waals surface area contributed by atoms with Crippen LogP contribution in [0.4, 0.5) is 5.69 Å². The van der Waals surface area contributed by atoms with Crippen molar-refractivity contribution in [2.45, 2.75) is 26.7 Å². The summed E-state index contributed by atoms with van der Waals surface area (Å²) in [5.41, 5.74) is 11.4. The molecule has 124 valence electrons. The van der Waals surface area contributed by atoms with Gasteiger partial charge in [0, 0.05) is 18.7 Å². The second-order valence-electron chi connectivity index (χ2n) is 6.07. The molecule has 0 aliphatic rings. The van der Waals surface area contributed by atoms with Crippen LogP contribution in [0.2, 0.25) is 0 Å². The molecule has 3 aromatic rings. The van der Waals surface area contributed by atoms with E-state index in [9.17, 15) is 0 Å². The molecule has 0 aliphatic heterocycles. The minimum atomic E-state index is 0.449. The summed E-state index contributed by atoms with van der Waals surface area (Å²) >= 11 is 0. The smallest absolute Gasteiger partial charge is 0.193 e. The fraction of sp³-hybridized carbons (Fsp3) is 0.263. The van der Waals surface area contributed by atoms with E-state index >= 15 is 0 Å². The number of anilines is 1. The molecule has 0 saturated carbocycles. The lowest BCUT2D eigenvalue weighted by atomic mass is 10.1. The van der Waals surface area contributed by atoms with Crippen molar-refractivity contribution in [2.24, 2.45) is 10.7 Å². The lowest BCUT2D eigenvalue weighted by Gasteiger charge is -2.07. The number of aromatic amines is 1. The molecule has 3 rings (SSSR count). The van der Waals surface area contributed by atoms with E-state index in [1.54, 1.807) is 0 Å². The van der Waals surface area contributed by atoms with Gasteiger partial charge in [-0.2, -0.15) is 0 Å². The third-order valence-electron chi connectivity index (χ3n) is 3.79. The summed E-state index contributed by atoms with van der Waals surface area (Å²) in [4.78, 5) is 12.3. The van der Waals surface area contributed by atoms with Crippen LogP contribution in [0.3, 0.4) is 0 Å². The molecule has 5 heteroatoms. The number of imidazole rings is 1. The number of para-hydroxylation sites is 2. The minimum Gasteiger partial charge on any atom is -0.370 e. The van der Waals surface area contributed by atoms with Crippen LogP contribution in [0, 0.1) is 13.8 Å².